The second-order valence-corrected chi connectivity index (χ2v) is 10.5. The van der Waals surface area contributed by atoms with E-state index in [1.165, 1.54) is 52.8 Å². The molecule has 1 aromatic rings. The van der Waals surface area contributed by atoms with Crippen molar-refractivity contribution in [3.05, 3.63) is 20.3 Å². The zero-order valence-corrected chi connectivity index (χ0v) is 14.7. The number of thiophene rings is 1. The lowest BCUT2D eigenvalue weighted by atomic mass is 9.43. The van der Waals surface area contributed by atoms with Crippen LogP contribution in [-0.4, -0.2) is 5.11 Å². The molecule has 0 radical (unpaired) electrons. The van der Waals surface area contributed by atoms with Crippen molar-refractivity contribution in [3.8, 4) is 0 Å². The second-order valence-electron chi connectivity index (χ2n) is 8.14. The normalized spacial score (nSPS) is 44.0. The van der Waals surface area contributed by atoms with Crippen LogP contribution in [0, 0.1) is 29.6 Å². The Labute approximate surface area is 133 Å². The van der Waals surface area contributed by atoms with Gasteiger partial charge in [-0.2, -0.15) is 0 Å². The summed E-state index contributed by atoms with van der Waals surface area (Å²) < 4.78 is 1.18. The molecule has 0 aliphatic heterocycles. The summed E-state index contributed by atoms with van der Waals surface area (Å²) in [5.74, 6) is 1.75. The van der Waals surface area contributed by atoms with E-state index in [4.69, 9.17) is 0 Å². The molecule has 1 heterocycles. The van der Waals surface area contributed by atoms with Crippen molar-refractivity contribution in [2.45, 2.75) is 58.5 Å². The number of hydrogen-bond acceptors (Lipinski definition) is 2. The van der Waals surface area contributed by atoms with Gasteiger partial charge < -0.3 is 5.11 Å². The van der Waals surface area contributed by atoms with Crippen molar-refractivity contribution >= 4 is 27.3 Å². The van der Waals surface area contributed by atoms with Gasteiger partial charge in [-0.1, -0.05) is 6.92 Å². The van der Waals surface area contributed by atoms with Crippen LogP contribution in [0.4, 0.5) is 0 Å². The molecule has 4 aliphatic rings. The third-order valence-electron chi connectivity index (χ3n) is 6.12. The summed E-state index contributed by atoms with van der Waals surface area (Å²) in [6.07, 6.45) is 7.75. The highest BCUT2D eigenvalue weighted by Crippen LogP contribution is 2.68. The van der Waals surface area contributed by atoms with E-state index in [0.29, 0.717) is 5.41 Å². The fourth-order valence-electron chi connectivity index (χ4n) is 6.04. The van der Waals surface area contributed by atoms with Gasteiger partial charge in [-0.05, 0) is 90.3 Å². The molecule has 110 valence electrons. The van der Waals surface area contributed by atoms with Crippen molar-refractivity contribution in [1.82, 2.24) is 0 Å². The molecule has 0 aromatic carbocycles. The van der Waals surface area contributed by atoms with E-state index >= 15 is 0 Å². The van der Waals surface area contributed by atoms with E-state index in [2.05, 4.69) is 35.8 Å². The zero-order chi connectivity index (χ0) is 14.1. The Morgan fingerprint density at radius 1 is 1.30 bits per heavy atom. The summed E-state index contributed by atoms with van der Waals surface area (Å²) in [6.45, 7) is 4.60. The van der Waals surface area contributed by atoms with Crippen LogP contribution in [0.25, 0.3) is 0 Å². The maximum Gasteiger partial charge on any atom is 0.0938 e. The minimum atomic E-state index is -0.247. The first kappa shape index (κ1) is 13.8. The molecule has 0 saturated heterocycles. The molecule has 3 atom stereocenters. The van der Waals surface area contributed by atoms with E-state index in [0.717, 1.165) is 11.8 Å². The Balaban J connectivity index is 1.70. The monoisotopic (exact) mass is 354 g/mol. The van der Waals surface area contributed by atoms with E-state index in [9.17, 15) is 5.11 Å². The first-order chi connectivity index (χ1) is 9.39. The van der Waals surface area contributed by atoms with Crippen molar-refractivity contribution in [2.24, 2.45) is 22.7 Å². The van der Waals surface area contributed by atoms with E-state index < -0.39 is 0 Å². The maximum absolute atomic E-state index is 11.1. The van der Waals surface area contributed by atoms with Crippen LogP contribution in [0.15, 0.2) is 9.85 Å². The van der Waals surface area contributed by atoms with Crippen LogP contribution in [0.5, 0.6) is 0 Å². The largest absolute Gasteiger partial charge is 0.387 e. The summed E-state index contributed by atoms with van der Waals surface area (Å²) in [5, 5.41) is 11.1. The van der Waals surface area contributed by atoms with E-state index in [-0.39, 0.29) is 11.5 Å². The summed E-state index contributed by atoms with van der Waals surface area (Å²) in [5.41, 5.74) is 1.95. The molecular weight excluding hydrogens is 332 g/mol. The molecule has 3 unspecified atom stereocenters. The third kappa shape index (κ3) is 1.96. The van der Waals surface area contributed by atoms with Crippen molar-refractivity contribution in [2.75, 3.05) is 0 Å². The number of rotatable bonds is 2. The van der Waals surface area contributed by atoms with Gasteiger partial charge in [0.05, 0.1) is 9.89 Å². The van der Waals surface area contributed by atoms with Gasteiger partial charge in [0, 0.05) is 10.3 Å². The lowest BCUT2D eigenvalue weighted by molar-refractivity contribution is -0.154. The minimum Gasteiger partial charge on any atom is -0.387 e. The van der Waals surface area contributed by atoms with Gasteiger partial charge in [-0.3, -0.25) is 0 Å². The number of aliphatic hydroxyl groups excluding tert-OH is 1. The predicted molar refractivity (Wildman–Crippen MR) is 86.9 cm³/mol. The highest BCUT2D eigenvalue weighted by Gasteiger charge is 2.58. The molecule has 0 spiro atoms. The fourth-order valence-corrected chi connectivity index (χ4v) is 7.74. The minimum absolute atomic E-state index is 0.176. The summed E-state index contributed by atoms with van der Waals surface area (Å²) >= 11 is 5.35. The van der Waals surface area contributed by atoms with Crippen LogP contribution in [0.1, 0.15) is 62.0 Å². The fraction of sp³-hybridized carbons (Fsp3) is 0.765. The maximum atomic E-state index is 11.1. The van der Waals surface area contributed by atoms with Gasteiger partial charge in [-0.15, -0.1) is 11.3 Å². The van der Waals surface area contributed by atoms with Crippen molar-refractivity contribution < 1.29 is 5.11 Å². The highest BCUT2D eigenvalue weighted by atomic mass is 79.9. The molecule has 3 heteroatoms. The molecule has 1 nitrogen and oxygen atoms in total. The Kier molecular flexibility index (Phi) is 2.98. The average Bonchev–Trinajstić information content (AvgIpc) is 2.65. The summed E-state index contributed by atoms with van der Waals surface area (Å²) in [7, 11) is 0. The number of aryl methyl sites for hydroxylation is 1. The third-order valence-corrected chi connectivity index (χ3v) is 8.31. The van der Waals surface area contributed by atoms with Gasteiger partial charge in [0.1, 0.15) is 0 Å². The molecule has 0 amide bonds. The molecule has 5 rings (SSSR count). The molecule has 4 saturated carbocycles. The first-order valence-electron chi connectivity index (χ1n) is 7.83. The number of aliphatic hydroxyl groups is 1. The molecule has 1 N–H and O–H groups in total. The summed E-state index contributed by atoms with van der Waals surface area (Å²) in [4.78, 5) is 1.18. The highest BCUT2D eigenvalue weighted by molar-refractivity contribution is 9.11. The van der Waals surface area contributed by atoms with Crippen LogP contribution in [0.2, 0.25) is 0 Å². The van der Waals surface area contributed by atoms with Crippen LogP contribution in [0.3, 0.4) is 0 Å². The van der Waals surface area contributed by atoms with Gasteiger partial charge >= 0.3 is 0 Å². The average molecular weight is 355 g/mol. The molecule has 20 heavy (non-hydrogen) atoms. The smallest absolute Gasteiger partial charge is 0.0938 e. The topological polar surface area (TPSA) is 20.2 Å². The molecule has 1 aromatic heterocycles. The molecular formula is C17H23BrOS. The Morgan fingerprint density at radius 3 is 2.45 bits per heavy atom. The molecule has 4 aliphatic carbocycles. The van der Waals surface area contributed by atoms with Gasteiger partial charge in [0.2, 0.25) is 0 Å². The SMILES string of the molecule is Cc1cc(C(O)C23CC4CC(CC(C)(C4)C2)C3)sc1Br. The predicted octanol–water partition coefficient (Wildman–Crippen LogP) is 5.46. The van der Waals surface area contributed by atoms with Gasteiger partial charge in [-0.25, -0.2) is 0 Å². The lowest BCUT2D eigenvalue weighted by Crippen LogP contribution is -2.52. The van der Waals surface area contributed by atoms with Crippen LogP contribution in [-0.2, 0) is 0 Å². The van der Waals surface area contributed by atoms with E-state index in [1.54, 1.807) is 11.3 Å². The van der Waals surface area contributed by atoms with Crippen molar-refractivity contribution in [3.63, 3.8) is 0 Å². The standard InChI is InChI=1S/C17H23BrOS/c1-10-3-13(20-15(10)18)14(19)17-7-11-4-12(8-17)6-16(2,5-11)9-17/h3,11-12,14,19H,4-9H2,1-2H3. The zero-order valence-electron chi connectivity index (χ0n) is 12.3. The lowest BCUT2D eigenvalue weighted by Gasteiger charge is -2.62. The Morgan fingerprint density at radius 2 is 1.95 bits per heavy atom. The van der Waals surface area contributed by atoms with E-state index in [1.807, 2.05) is 0 Å². The van der Waals surface area contributed by atoms with Gasteiger partial charge in [0.25, 0.3) is 0 Å². The molecule has 4 bridgehead atoms. The number of hydrogen-bond donors (Lipinski definition) is 1. The first-order valence-corrected chi connectivity index (χ1v) is 9.44. The second kappa shape index (κ2) is 4.33. The van der Waals surface area contributed by atoms with Crippen molar-refractivity contribution in [1.29, 1.82) is 0 Å². The van der Waals surface area contributed by atoms with Crippen LogP contribution >= 0.6 is 27.3 Å². The molecule has 4 fully saturated rings. The Bertz CT molecular complexity index is 516. The number of halogens is 1. The van der Waals surface area contributed by atoms with Crippen LogP contribution < -0.4 is 0 Å². The Hall–Kier alpha value is 0.140. The quantitative estimate of drug-likeness (QED) is 0.747. The van der Waals surface area contributed by atoms with Gasteiger partial charge in [0.15, 0.2) is 0 Å². The summed E-state index contributed by atoms with van der Waals surface area (Å²) in [6, 6.07) is 2.19.